The molecular formula is C22H21F3O5. The van der Waals surface area contributed by atoms with Gasteiger partial charge in [0, 0.05) is 12.0 Å². The number of benzene rings is 1. The zero-order valence-corrected chi connectivity index (χ0v) is 16.3. The highest BCUT2D eigenvalue weighted by molar-refractivity contribution is 5.69. The summed E-state index contributed by atoms with van der Waals surface area (Å²) in [5, 5.41) is 0. The number of alkyl halides is 3. The van der Waals surface area contributed by atoms with E-state index in [4.69, 9.17) is 14.2 Å². The number of rotatable bonds is 7. The Bertz CT molecular complexity index is 929. The smallest absolute Gasteiger partial charge is 0.420 e. The van der Waals surface area contributed by atoms with Crippen LogP contribution >= 0.6 is 0 Å². The lowest BCUT2D eigenvalue weighted by atomic mass is 10.1. The normalized spacial score (nSPS) is 22.2. The molecule has 0 N–H and O–H groups in total. The first kappa shape index (κ1) is 20.4. The lowest BCUT2D eigenvalue weighted by molar-refractivity contribution is -0.141. The van der Waals surface area contributed by atoms with E-state index in [1.54, 1.807) is 18.2 Å². The monoisotopic (exact) mass is 422 g/mol. The Morgan fingerprint density at radius 1 is 1.30 bits per heavy atom. The minimum absolute atomic E-state index is 0.0941. The summed E-state index contributed by atoms with van der Waals surface area (Å²) in [5.41, 5.74) is 0.270. The van der Waals surface area contributed by atoms with Gasteiger partial charge in [0.25, 0.3) is 0 Å². The Hall–Kier alpha value is -2.90. The molecule has 160 valence electrons. The summed E-state index contributed by atoms with van der Waals surface area (Å²) in [5.74, 6) is 0.448. The molecule has 30 heavy (non-hydrogen) atoms. The molecule has 1 aromatic carbocycles. The van der Waals surface area contributed by atoms with E-state index >= 15 is 0 Å². The van der Waals surface area contributed by atoms with Crippen LogP contribution in [0.25, 0.3) is 0 Å². The maximum atomic E-state index is 13.6. The van der Waals surface area contributed by atoms with E-state index in [0.29, 0.717) is 25.2 Å². The molecule has 4 rings (SSSR count). The maximum Gasteiger partial charge on any atom is 0.420 e. The van der Waals surface area contributed by atoms with Crippen molar-refractivity contribution >= 4 is 5.97 Å². The summed E-state index contributed by atoms with van der Waals surface area (Å²) in [6, 6.07) is 3.69. The van der Waals surface area contributed by atoms with Gasteiger partial charge in [0.1, 0.15) is 35.2 Å². The number of hydrogen-bond acceptors (Lipinski definition) is 5. The van der Waals surface area contributed by atoms with Crippen molar-refractivity contribution in [1.29, 1.82) is 0 Å². The third-order valence-electron chi connectivity index (χ3n) is 5.31. The Labute approximate surface area is 171 Å². The molecule has 8 heteroatoms. The summed E-state index contributed by atoms with van der Waals surface area (Å²) < 4.78 is 62.1. The third-order valence-corrected chi connectivity index (χ3v) is 5.31. The minimum Gasteiger partial charge on any atom is -0.489 e. The Morgan fingerprint density at radius 2 is 2.13 bits per heavy atom. The highest BCUT2D eigenvalue weighted by atomic mass is 19.4. The molecule has 0 saturated heterocycles. The van der Waals surface area contributed by atoms with E-state index < -0.39 is 11.7 Å². The lowest BCUT2D eigenvalue weighted by Crippen LogP contribution is -2.23. The zero-order chi connectivity index (χ0) is 21.3. The minimum atomic E-state index is -4.60. The number of esters is 1. The average Bonchev–Trinajstić information content (AvgIpc) is 3.23. The fourth-order valence-electron chi connectivity index (χ4n) is 3.68. The first-order valence-corrected chi connectivity index (χ1v) is 9.71. The summed E-state index contributed by atoms with van der Waals surface area (Å²) >= 11 is 0. The molecule has 2 unspecified atom stereocenters. The number of carbonyl (C=O) groups is 1. The van der Waals surface area contributed by atoms with Gasteiger partial charge in [-0.2, -0.15) is 13.2 Å². The zero-order valence-electron chi connectivity index (χ0n) is 16.3. The van der Waals surface area contributed by atoms with Crippen molar-refractivity contribution in [2.45, 2.75) is 38.0 Å². The molecule has 0 aromatic heterocycles. The van der Waals surface area contributed by atoms with Crippen LogP contribution in [-0.2, 0) is 20.4 Å². The van der Waals surface area contributed by atoms with Crippen LogP contribution in [0, 0.1) is 5.92 Å². The largest absolute Gasteiger partial charge is 0.489 e. The van der Waals surface area contributed by atoms with E-state index in [9.17, 15) is 18.0 Å². The molecular weight excluding hydrogens is 401 g/mol. The van der Waals surface area contributed by atoms with Crippen molar-refractivity contribution in [1.82, 2.24) is 0 Å². The number of hydrogen-bond donors (Lipinski definition) is 0. The lowest BCUT2D eigenvalue weighted by Gasteiger charge is -2.24. The molecule has 0 bridgehead atoms. The van der Waals surface area contributed by atoms with Gasteiger partial charge >= 0.3 is 12.1 Å². The summed E-state index contributed by atoms with van der Waals surface area (Å²) in [7, 11) is 1.31. The molecule has 0 radical (unpaired) electrons. The summed E-state index contributed by atoms with van der Waals surface area (Å²) in [4.78, 5) is 11.2. The molecule has 2 aliphatic carbocycles. The Balaban J connectivity index is 1.46. The van der Waals surface area contributed by atoms with Gasteiger partial charge in [0.2, 0.25) is 0 Å². The molecule has 3 aliphatic rings. The molecule has 0 saturated carbocycles. The van der Waals surface area contributed by atoms with Crippen LogP contribution in [0.15, 0.2) is 53.5 Å². The van der Waals surface area contributed by atoms with Gasteiger partial charge in [0.05, 0.1) is 7.11 Å². The second-order valence-electron chi connectivity index (χ2n) is 7.37. The summed E-state index contributed by atoms with van der Waals surface area (Å²) in [6.07, 6.45) is 2.41. The van der Waals surface area contributed by atoms with E-state index in [1.807, 2.05) is 0 Å². The van der Waals surface area contributed by atoms with Crippen LogP contribution in [0.2, 0.25) is 0 Å². The van der Waals surface area contributed by atoms with Crippen LogP contribution in [0.3, 0.4) is 0 Å². The third kappa shape index (κ3) is 4.32. The second kappa shape index (κ2) is 8.08. The Kier molecular flexibility index (Phi) is 5.49. The molecule has 1 heterocycles. The quantitative estimate of drug-likeness (QED) is 0.583. The SMILES string of the molecule is COC(=O)CCC1C=CC(Oc2ccc(OC3CCC4=C3OC4)cc2C(F)(F)F)=C1. The van der Waals surface area contributed by atoms with Crippen LogP contribution < -0.4 is 9.47 Å². The molecule has 0 amide bonds. The summed E-state index contributed by atoms with van der Waals surface area (Å²) in [6.45, 7) is 0.582. The fourth-order valence-corrected chi connectivity index (χ4v) is 3.68. The van der Waals surface area contributed by atoms with Crippen molar-refractivity contribution < 1.29 is 36.9 Å². The predicted octanol–water partition coefficient (Wildman–Crippen LogP) is 4.93. The van der Waals surface area contributed by atoms with Gasteiger partial charge < -0.3 is 18.9 Å². The Morgan fingerprint density at radius 3 is 2.80 bits per heavy atom. The molecule has 0 fully saturated rings. The van der Waals surface area contributed by atoms with Crippen molar-refractivity contribution in [3.8, 4) is 11.5 Å². The van der Waals surface area contributed by atoms with E-state index in [1.165, 1.54) is 24.8 Å². The topological polar surface area (TPSA) is 54.0 Å². The van der Waals surface area contributed by atoms with Crippen molar-refractivity contribution in [2.24, 2.45) is 5.92 Å². The van der Waals surface area contributed by atoms with Gasteiger partial charge in [0.15, 0.2) is 6.10 Å². The average molecular weight is 422 g/mol. The molecule has 0 spiro atoms. The fraction of sp³-hybridized carbons (Fsp3) is 0.409. The standard InChI is InChI=1S/C22H21F3O5/c1-27-20(26)9-3-13-2-5-15(10-13)29-18-8-6-16(11-17(18)22(23,24)25)30-19-7-4-14-12-28-21(14)19/h2,5-6,8,10-11,13,19H,3-4,7,9,12H2,1H3. The predicted molar refractivity (Wildman–Crippen MR) is 101 cm³/mol. The highest BCUT2D eigenvalue weighted by Crippen LogP contribution is 2.42. The van der Waals surface area contributed by atoms with Crippen molar-refractivity contribution in [3.05, 3.63) is 59.1 Å². The number of halogens is 3. The molecule has 2 atom stereocenters. The van der Waals surface area contributed by atoms with Gasteiger partial charge in [-0.25, -0.2) is 0 Å². The maximum absolute atomic E-state index is 13.6. The van der Waals surface area contributed by atoms with Gasteiger partial charge in [-0.05, 0) is 55.5 Å². The van der Waals surface area contributed by atoms with Crippen LogP contribution in [0.5, 0.6) is 11.5 Å². The van der Waals surface area contributed by atoms with Crippen molar-refractivity contribution in [2.75, 3.05) is 13.7 Å². The molecule has 5 nitrogen and oxygen atoms in total. The van der Waals surface area contributed by atoms with Crippen LogP contribution in [0.1, 0.15) is 31.2 Å². The molecule has 1 aliphatic heterocycles. The van der Waals surface area contributed by atoms with Gasteiger partial charge in [-0.1, -0.05) is 6.08 Å². The number of allylic oxidation sites excluding steroid dienone is 3. The highest BCUT2D eigenvalue weighted by Gasteiger charge is 2.38. The number of carbonyl (C=O) groups excluding carboxylic acids is 1. The van der Waals surface area contributed by atoms with Crippen molar-refractivity contribution in [3.63, 3.8) is 0 Å². The second-order valence-corrected chi connectivity index (χ2v) is 7.37. The van der Waals surface area contributed by atoms with Crippen LogP contribution in [0.4, 0.5) is 13.2 Å². The van der Waals surface area contributed by atoms with Crippen LogP contribution in [-0.4, -0.2) is 25.8 Å². The number of ether oxygens (including phenoxy) is 4. The first-order valence-electron chi connectivity index (χ1n) is 9.71. The van der Waals surface area contributed by atoms with E-state index in [-0.39, 0.29) is 35.9 Å². The van der Waals surface area contributed by atoms with E-state index in [0.717, 1.165) is 18.2 Å². The molecule has 1 aromatic rings. The van der Waals surface area contributed by atoms with E-state index in [2.05, 4.69) is 4.74 Å². The first-order chi connectivity index (χ1) is 14.3. The van der Waals surface area contributed by atoms with Gasteiger partial charge in [-0.3, -0.25) is 4.79 Å². The number of methoxy groups -OCH3 is 1. The van der Waals surface area contributed by atoms with Gasteiger partial charge in [-0.15, -0.1) is 0 Å².